The topological polar surface area (TPSA) is 80.0 Å². The second-order valence-electron chi connectivity index (χ2n) is 8.23. The van der Waals surface area contributed by atoms with Gasteiger partial charge in [0.25, 0.3) is 5.91 Å². The van der Waals surface area contributed by atoms with Gasteiger partial charge in [-0.05, 0) is 62.6 Å². The second-order valence-corrected chi connectivity index (χ2v) is 8.23. The lowest BCUT2D eigenvalue weighted by Crippen LogP contribution is -2.28. The van der Waals surface area contributed by atoms with Crippen molar-refractivity contribution in [2.75, 3.05) is 0 Å². The lowest BCUT2D eigenvalue weighted by atomic mass is 9.96. The highest BCUT2D eigenvalue weighted by Crippen LogP contribution is 2.33. The quantitative estimate of drug-likeness (QED) is 0.590. The molecule has 0 unspecified atom stereocenters. The number of aryl methyl sites for hydroxylation is 1. The molecule has 2 N–H and O–H groups in total. The molecule has 0 saturated heterocycles. The summed E-state index contributed by atoms with van der Waals surface area (Å²) in [6.45, 7) is 2.98. The van der Waals surface area contributed by atoms with Crippen molar-refractivity contribution in [3.63, 3.8) is 0 Å². The van der Waals surface area contributed by atoms with Gasteiger partial charge >= 0.3 is 6.18 Å². The predicted molar refractivity (Wildman–Crippen MR) is 107 cm³/mol. The predicted octanol–water partition coefficient (Wildman–Crippen LogP) is 4.07. The van der Waals surface area contributed by atoms with E-state index in [1.54, 1.807) is 6.20 Å². The minimum absolute atomic E-state index is 0.0620. The van der Waals surface area contributed by atoms with Crippen molar-refractivity contribution < 1.29 is 27.5 Å². The average molecular weight is 448 g/mol. The van der Waals surface area contributed by atoms with Crippen molar-refractivity contribution in [3.05, 3.63) is 76.6 Å². The van der Waals surface area contributed by atoms with Gasteiger partial charge in [-0.15, -0.1) is 0 Å². The summed E-state index contributed by atoms with van der Waals surface area (Å²) >= 11 is 0. The van der Waals surface area contributed by atoms with E-state index in [9.17, 15) is 27.5 Å². The zero-order chi connectivity index (χ0) is 23.3. The summed E-state index contributed by atoms with van der Waals surface area (Å²) in [4.78, 5) is 16.1. The van der Waals surface area contributed by atoms with Gasteiger partial charge in [0.15, 0.2) is 0 Å². The number of rotatable bonds is 4. The summed E-state index contributed by atoms with van der Waals surface area (Å²) in [7, 11) is 0. The number of pyridine rings is 1. The molecule has 0 bridgehead atoms. The fourth-order valence-electron chi connectivity index (χ4n) is 3.66. The lowest BCUT2D eigenvalue weighted by Gasteiger charge is -2.19. The molecular formula is C22H20F4N4O2. The summed E-state index contributed by atoms with van der Waals surface area (Å²) in [6.07, 6.45) is -0.842. The van der Waals surface area contributed by atoms with Gasteiger partial charge in [-0.25, -0.2) is 9.07 Å². The maximum Gasteiger partial charge on any atom is 0.433 e. The summed E-state index contributed by atoms with van der Waals surface area (Å²) in [6, 6.07) is 5.56. The minimum atomic E-state index is -4.57. The van der Waals surface area contributed by atoms with Gasteiger partial charge in [0.1, 0.15) is 11.5 Å². The van der Waals surface area contributed by atoms with Crippen LogP contribution in [-0.2, 0) is 18.2 Å². The first-order chi connectivity index (χ1) is 14.9. The van der Waals surface area contributed by atoms with Crippen molar-refractivity contribution in [2.24, 2.45) is 0 Å². The molecular weight excluding hydrogens is 428 g/mol. The van der Waals surface area contributed by atoms with Crippen LogP contribution in [0.2, 0.25) is 0 Å². The Morgan fingerprint density at radius 2 is 1.97 bits per heavy atom. The standard InChI is InChI=1S/C22H20F4N4O2/c1-21(2,32)13-7-12(8-14(23)9-13)20(31)28-17-3-4-18-16(17)11-30(29-18)15-5-6-27-19(10-15)22(24,25)26/h5-11,17,32H,3-4H2,1-2H3,(H,28,31)/t17-/m0/s1. The molecule has 0 fully saturated rings. The van der Waals surface area contributed by atoms with Crippen molar-refractivity contribution in [3.8, 4) is 5.69 Å². The van der Waals surface area contributed by atoms with E-state index in [2.05, 4.69) is 15.4 Å². The van der Waals surface area contributed by atoms with Crippen LogP contribution in [0.5, 0.6) is 0 Å². The SMILES string of the molecule is CC(C)(O)c1cc(F)cc(C(=O)N[C@H]2CCc3nn(-c4ccnc(C(F)(F)F)c4)cc32)c1. The van der Waals surface area contributed by atoms with Gasteiger partial charge in [-0.1, -0.05) is 0 Å². The van der Waals surface area contributed by atoms with Crippen LogP contribution in [0.4, 0.5) is 17.6 Å². The normalized spacial score (nSPS) is 16.2. The van der Waals surface area contributed by atoms with E-state index in [-0.39, 0.29) is 16.8 Å². The third-order valence-corrected chi connectivity index (χ3v) is 5.34. The Morgan fingerprint density at radius 3 is 2.66 bits per heavy atom. The van der Waals surface area contributed by atoms with Crippen molar-refractivity contribution in [2.45, 2.75) is 44.5 Å². The van der Waals surface area contributed by atoms with Crippen LogP contribution in [0.3, 0.4) is 0 Å². The molecule has 1 atom stereocenters. The second kappa shape index (κ2) is 7.70. The van der Waals surface area contributed by atoms with E-state index in [1.165, 1.54) is 36.7 Å². The number of carbonyl (C=O) groups is 1. The van der Waals surface area contributed by atoms with Gasteiger partial charge < -0.3 is 10.4 Å². The molecule has 0 aliphatic heterocycles. The summed E-state index contributed by atoms with van der Waals surface area (Å²) in [5.41, 5.74) is -0.470. The maximum absolute atomic E-state index is 14.0. The van der Waals surface area contributed by atoms with E-state index in [0.29, 0.717) is 24.1 Å². The number of nitrogens with one attached hydrogen (secondary N) is 1. The first kappa shape index (κ1) is 21.9. The maximum atomic E-state index is 14.0. The van der Waals surface area contributed by atoms with Crippen molar-refractivity contribution >= 4 is 5.91 Å². The van der Waals surface area contributed by atoms with Crippen LogP contribution < -0.4 is 5.32 Å². The number of aliphatic hydroxyl groups is 1. The van der Waals surface area contributed by atoms with Gasteiger partial charge in [0, 0.05) is 23.5 Å². The number of hydrogen-bond donors (Lipinski definition) is 2. The summed E-state index contributed by atoms with van der Waals surface area (Å²) in [5.74, 6) is -1.17. The third kappa shape index (κ3) is 4.36. The summed E-state index contributed by atoms with van der Waals surface area (Å²) in [5, 5.41) is 17.3. The van der Waals surface area contributed by atoms with E-state index >= 15 is 0 Å². The van der Waals surface area contributed by atoms with E-state index in [0.717, 1.165) is 18.3 Å². The number of nitrogens with zero attached hydrogens (tertiary/aromatic N) is 3. The van der Waals surface area contributed by atoms with Gasteiger partial charge in [0.05, 0.1) is 23.0 Å². The zero-order valence-electron chi connectivity index (χ0n) is 17.2. The molecule has 0 radical (unpaired) electrons. The van der Waals surface area contributed by atoms with Crippen molar-refractivity contribution in [1.82, 2.24) is 20.1 Å². The Morgan fingerprint density at radius 1 is 1.22 bits per heavy atom. The number of fused-ring (bicyclic) bond motifs is 1. The molecule has 10 heteroatoms. The number of carbonyl (C=O) groups excluding carboxylic acids is 1. The molecule has 1 aromatic carbocycles. The Labute approximate surface area is 180 Å². The van der Waals surface area contributed by atoms with Crippen molar-refractivity contribution in [1.29, 1.82) is 0 Å². The molecule has 2 aromatic heterocycles. The molecule has 4 rings (SSSR count). The highest BCUT2D eigenvalue weighted by molar-refractivity contribution is 5.94. The van der Waals surface area contributed by atoms with Crippen LogP contribution in [-0.4, -0.2) is 25.8 Å². The molecule has 1 aliphatic carbocycles. The smallest absolute Gasteiger partial charge is 0.386 e. The zero-order valence-corrected chi connectivity index (χ0v) is 17.2. The number of benzene rings is 1. The average Bonchev–Trinajstić information content (AvgIpc) is 3.28. The first-order valence-corrected chi connectivity index (χ1v) is 9.88. The fraction of sp³-hybridized carbons (Fsp3) is 0.318. The number of alkyl halides is 3. The van der Waals surface area contributed by atoms with Crippen LogP contribution in [0.25, 0.3) is 5.69 Å². The molecule has 168 valence electrons. The van der Waals surface area contributed by atoms with Crippen LogP contribution in [0.1, 0.15) is 59.2 Å². The Kier molecular flexibility index (Phi) is 5.28. The fourth-order valence-corrected chi connectivity index (χ4v) is 3.66. The Bertz CT molecular complexity index is 1180. The lowest BCUT2D eigenvalue weighted by molar-refractivity contribution is -0.141. The molecule has 0 spiro atoms. The van der Waals surface area contributed by atoms with Gasteiger partial charge in [-0.3, -0.25) is 9.78 Å². The molecule has 32 heavy (non-hydrogen) atoms. The van der Waals surface area contributed by atoms with Crippen LogP contribution in [0.15, 0.2) is 42.7 Å². The largest absolute Gasteiger partial charge is 0.433 e. The summed E-state index contributed by atoms with van der Waals surface area (Å²) < 4.78 is 54.2. The van der Waals surface area contributed by atoms with Crippen LogP contribution in [0, 0.1) is 5.82 Å². The highest BCUT2D eigenvalue weighted by Gasteiger charge is 2.33. The monoisotopic (exact) mass is 448 g/mol. The van der Waals surface area contributed by atoms with E-state index in [1.807, 2.05) is 0 Å². The number of hydrogen-bond acceptors (Lipinski definition) is 4. The number of aromatic nitrogens is 3. The van der Waals surface area contributed by atoms with E-state index < -0.39 is 35.2 Å². The molecule has 3 aromatic rings. The van der Waals surface area contributed by atoms with Gasteiger partial charge in [0.2, 0.25) is 0 Å². The number of halogens is 4. The molecule has 6 nitrogen and oxygen atoms in total. The third-order valence-electron chi connectivity index (χ3n) is 5.34. The van der Waals surface area contributed by atoms with Crippen LogP contribution >= 0.6 is 0 Å². The minimum Gasteiger partial charge on any atom is -0.386 e. The molecule has 2 heterocycles. The Hall–Kier alpha value is -3.27. The Balaban J connectivity index is 1.57. The molecule has 0 saturated carbocycles. The van der Waals surface area contributed by atoms with Gasteiger partial charge in [-0.2, -0.15) is 18.3 Å². The molecule has 1 amide bonds. The highest BCUT2D eigenvalue weighted by atomic mass is 19.4. The number of amides is 1. The first-order valence-electron chi connectivity index (χ1n) is 9.88. The molecule has 1 aliphatic rings. The van der Waals surface area contributed by atoms with E-state index in [4.69, 9.17) is 0 Å².